The topological polar surface area (TPSA) is 59.4 Å². The van der Waals surface area contributed by atoms with Crippen molar-refractivity contribution in [1.29, 1.82) is 0 Å². The Balaban J connectivity index is 2.55. The summed E-state index contributed by atoms with van der Waals surface area (Å²) >= 11 is 0. The molecular formula is C15H28N4O2. The van der Waals surface area contributed by atoms with E-state index < -0.39 is 5.54 Å². The molecule has 1 rings (SSSR count). The van der Waals surface area contributed by atoms with Crippen LogP contribution in [0.3, 0.4) is 0 Å². The molecule has 21 heavy (non-hydrogen) atoms. The molecule has 0 aromatic carbocycles. The molecule has 0 fully saturated rings. The van der Waals surface area contributed by atoms with E-state index in [4.69, 9.17) is 4.74 Å². The van der Waals surface area contributed by atoms with Gasteiger partial charge in [0, 0.05) is 26.0 Å². The number of esters is 1. The highest BCUT2D eigenvalue weighted by atomic mass is 16.5. The van der Waals surface area contributed by atoms with Crippen molar-refractivity contribution in [2.24, 2.45) is 7.05 Å². The number of methoxy groups -OCH3 is 1. The van der Waals surface area contributed by atoms with E-state index in [1.54, 1.807) is 6.20 Å². The summed E-state index contributed by atoms with van der Waals surface area (Å²) < 4.78 is 6.94. The molecule has 1 aromatic rings. The number of ether oxygens (including phenoxy) is 1. The summed E-state index contributed by atoms with van der Waals surface area (Å²) in [5.74, 6) is 0.806. The van der Waals surface area contributed by atoms with Gasteiger partial charge in [0.15, 0.2) is 0 Å². The largest absolute Gasteiger partial charge is 0.468 e. The fraction of sp³-hybridized carbons (Fsp3) is 0.733. The quantitative estimate of drug-likeness (QED) is 0.693. The van der Waals surface area contributed by atoms with Crippen LogP contribution in [0.1, 0.15) is 32.5 Å². The van der Waals surface area contributed by atoms with Gasteiger partial charge >= 0.3 is 5.97 Å². The Hall–Kier alpha value is -1.40. The Morgan fingerprint density at radius 2 is 2.29 bits per heavy atom. The number of aryl methyl sites for hydroxylation is 1. The zero-order valence-corrected chi connectivity index (χ0v) is 13.8. The maximum atomic E-state index is 12.0. The Labute approximate surface area is 127 Å². The molecule has 0 aliphatic carbocycles. The predicted octanol–water partition coefficient (Wildman–Crippen LogP) is 1.17. The molecule has 0 saturated carbocycles. The number of hydrogen-bond acceptors (Lipinski definition) is 5. The molecule has 0 amide bonds. The molecule has 1 heterocycles. The summed E-state index contributed by atoms with van der Waals surface area (Å²) in [6.45, 7) is 6.33. The number of hydrogen-bond donors (Lipinski definition) is 1. The smallest absolute Gasteiger partial charge is 0.325 e. The van der Waals surface area contributed by atoms with Crippen molar-refractivity contribution in [2.75, 3.05) is 27.2 Å². The minimum absolute atomic E-state index is 0.207. The highest BCUT2D eigenvalue weighted by molar-refractivity contribution is 5.80. The lowest BCUT2D eigenvalue weighted by Crippen LogP contribution is -2.52. The Morgan fingerprint density at radius 1 is 1.57 bits per heavy atom. The molecule has 1 unspecified atom stereocenters. The van der Waals surface area contributed by atoms with Gasteiger partial charge in [-0.1, -0.05) is 6.92 Å². The molecule has 1 N–H and O–H groups in total. The lowest BCUT2D eigenvalue weighted by Gasteiger charge is -2.30. The van der Waals surface area contributed by atoms with E-state index >= 15 is 0 Å². The minimum Gasteiger partial charge on any atom is -0.468 e. The van der Waals surface area contributed by atoms with Crippen molar-refractivity contribution in [1.82, 2.24) is 19.8 Å². The number of carbonyl (C=O) groups is 1. The van der Waals surface area contributed by atoms with Crippen molar-refractivity contribution in [2.45, 2.75) is 38.8 Å². The van der Waals surface area contributed by atoms with Gasteiger partial charge in [0.25, 0.3) is 0 Å². The predicted molar refractivity (Wildman–Crippen MR) is 82.9 cm³/mol. The van der Waals surface area contributed by atoms with Crippen LogP contribution >= 0.6 is 0 Å². The van der Waals surface area contributed by atoms with Crippen LogP contribution in [0.2, 0.25) is 0 Å². The molecule has 6 nitrogen and oxygen atoms in total. The normalized spacial score (nSPS) is 14.2. The van der Waals surface area contributed by atoms with Gasteiger partial charge < -0.3 is 14.6 Å². The van der Waals surface area contributed by atoms with Crippen LogP contribution in [0, 0.1) is 0 Å². The molecule has 1 atom stereocenters. The van der Waals surface area contributed by atoms with E-state index in [2.05, 4.69) is 22.1 Å². The first-order valence-electron chi connectivity index (χ1n) is 7.41. The van der Waals surface area contributed by atoms with Gasteiger partial charge in [-0.3, -0.25) is 9.69 Å². The van der Waals surface area contributed by atoms with Crippen molar-refractivity contribution in [3.05, 3.63) is 18.2 Å². The van der Waals surface area contributed by atoms with Crippen LogP contribution in [0.5, 0.6) is 0 Å². The molecule has 1 aromatic heterocycles. The molecule has 0 aliphatic rings. The van der Waals surface area contributed by atoms with E-state index in [9.17, 15) is 4.79 Å². The van der Waals surface area contributed by atoms with Crippen molar-refractivity contribution in [3.63, 3.8) is 0 Å². The van der Waals surface area contributed by atoms with Crippen molar-refractivity contribution < 1.29 is 9.53 Å². The van der Waals surface area contributed by atoms with Gasteiger partial charge in [0.2, 0.25) is 0 Å². The zero-order valence-electron chi connectivity index (χ0n) is 13.8. The monoisotopic (exact) mass is 296 g/mol. The second kappa shape index (κ2) is 8.14. The zero-order chi connectivity index (χ0) is 15.9. The molecule has 0 bridgehead atoms. The summed E-state index contributed by atoms with van der Waals surface area (Å²) in [5.41, 5.74) is -0.638. The van der Waals surface area contributed by atoms with Gasteiger partial charge in [-0.15, -0.1) is 0 Å². The number of rotatable bonds is 9. The second-order valence-corrected chi connectivity index (χ2v) is 5.69. The first-order valence-corrected chi connectivity index (χ1v) is 7.41. The van der Waals surface area contributed by atoms with E-state index in [1.807, 2.05) is 31.8 Å². The first kappa shape index (κ1) is 17.7. The Morgan fingerprint density at radius 3 is 2.81 bits per heavy atom. The van der Waals surface area contributed by atoms with Gasteiger partial charge in [0.05, 0.1) is 13.7 Å². The maximum absolute atomic E-state index is 12.0. The van der Waals surface area contributed by atoms with Crippen LogP contribution in [0.15, 0.2) is 12.4 Å². The third-order valence-corrected chi connectivity index (χ3v) is 3.73. The van der Waals surface area contributed by atoms with E-state index in [-0.39, 0.29) is 5.97 Å². The third kappa shape index (κ3) is 5.13. The van der Waals surface area contributed by atoms with E-state index in [0.29, 0.717) is 6.42 Å². The number of imidazole rings is 1. The average molecular weight is 296 g/mol. The fourth-order valence-corrected chi connectivity index (χ4v) is 2.17. The first-order chi connectivity index (χ1) is 9.92. The maximum Gasteiger partial charge on any atom is 0.325 e. The molecule has 0 saturated heterocycles. The van der Waals surface area contributed by atoms with Crippen LogP contribution in [0.25, 0.3) is 0 Å². The lowest BCUT2D eigenvalue weighted by atomic mass is 9.97. The van der Waals surface area contributed by atoms with E-state index in [0.717, 1.165) is 31.9 Å². The molecule has 0 radical (unpaired) electrons. The average Bonchev–Trinajstić information content (AvgIpc) is 2.87. The van der Waals surface area contributed by atoms with Crippen LogP contribution in [-0.2, 0) is 23.1 Å². The second-order valence-electron chi connectivity index (χ2n) is 5.69. The number of carbonyl (C=O) groups excluding carboxylic acids is 1. The highest BCUT2D eigenvalue weighted by Crippen LogP contribution is 2.13. The summed E-state index contributed by atoms with van der Waals surface area (Å²) in [5, 5.41) is 3.30. The molecular weight excluding hydrogens is 268 g/mol. The molecule has 6 heteroatoms. The Kier molecular flexibility index (Phi) is 6.84. The summed E-state index contributed by atoms with van der Waals surface area (Å²) in [7, 11) is 5.45. The number of aromatic nitrogens is 2. The summed E-state index contributed by atoms with van der Waals surface area (Å²) in [4.78, 5) is 18.5. The SMILES string of the molecule is CCCNC(C)(CCN(C)Cc1nccn1C)C(=O)OC. The van der Waals surface area contributed by atoms with E-state index in [1.165, 1.54) is 7.11 Å². The van der Waals surface area contributed by atoms with Crippen LogP contribution < -0.4 is 5.32 Å². The summed E-state index contributed by atoms with van der Waals surface area (Å²) in [6.07, 6.45) is 5.41. The van der Waals surface area contributed by atoms with Gasteiger partial charge in [-0.05, 0) is 33.4 Å². The molecule has 0 aliphatic heterocycles. The van der Waals surface area contributed by atoms with Gasteiger partial charge in [-0.2, -0.15) is 0 Å². The fourth-order valence-electron chi connectivity index (χ4n) is 2.17. The van der Waals surface area contributed by atoms with Gasteiger partial charge in [-0.25, -0.2) is 4.98 Å². The Bertz CT molecular complexity index is 447. The third-order valence-electron chi connectivity index (χ3n) is 3.73. The van der Waals surface area contributed by atoms with Crippen LogP contribution in [0.4, 0.5) is 0 Å². The van der Waals surface area contributed by atoms with Crippen molar-refractivity contribution >= 4 is 5.97 Å². The van der Waals surface area contributed by atoms with Gasteiger partial charge in [0.1, 0.15) is 11.4 Å². The molecule has 0 spiro atoms. The standard InChI is InChI=1S/C15H28N4O2/c1-6-8-17-15(2,14(20)21-5)7-10-18(3)12-13-16-9-11-19(13)4/h9,11,17H,6-8,10,12H2,1-5H3. The molecule has 120 valence electrons. The highest BCUT2D eigenvalue weighted by Gasteiger charge is 2.33. The summed E-state index contributed by atoms with van der Waals surface area (Å²) in [6, 6.07) is 0. The number of nitrogens with zero attached hydrogens (tertiary/aromatic N) is 3. The van der Waals surface area contributed by atoms with Crippen LogP contribution in [-0.4, -0.2) is 53.2 Å². The lowest BCUT2D eigenvalue weighted by molar-refractivity contribution is -0.148. The number of nitrogens with one attached hydrogen (secondary N) is 1. The minimum atomic E-state index is -0.638. The van der Waals surface area contributed by atoms with Crippen molar-refractivity contribution in [3.8, 4) is 0 Å².